The first-order valence-electron chi connectivity index (χ1n) is 12.0. The highest BCUT2D eigenvalue weighted by molar-refractivity contribution is 5.95. The minimum atomic E-state index is -0.992. The summed E-state index contributed by atoms with van der Waals surface area (Å²) in [5.41, 5.74) is 8.14. The molecule has 0 aliphatic carbocycles. The number of fused-ring (bicyclic) bond motifs is 3. The number of imidazole rings is 1. The van der Waals surface area contributed by atoms with E-state index in [4.69, 9.17) is 24.7 Å². The van der Waals surface area contributed by atoms with E-state index in [1.807, 2.05) is 37.3 Å². The zero-order chi connectivity index (χ0) is 26.4. The molecule has 2 aromatic carbocycles. The standard InChI is InChI=1S/C28H23N5O5/c1-3-36-27(34)23-21(22-24(38-25(23)29)18-11-7-8-12-19(18)37-28(22)35)20-16(2)31-33(17-9-5-4-6-10-17)26(20)32-14-13-30-15-32/h4-15,21H,3,29H2,1-2H3. The predicted molar refractivity (Wildman–Crippen MR) is 138 cm³/mol. The Morgan fingerprint density at radius 1 is 1.11 bits per heavy atom. The summed E-state index contributed by atoms with van der Waals surface area (Å²) in [6.07, 6.45) is 5.02. The quantitative estimate of drug-likeness (QED) is 0.280. The van der Waals surface area contributed by atoms with Gasteiger partial charge in [0.2, 0.25) is 5.88 Å². The molecule has 1 atom stereocenters. The Kier molecular flexibility index (Phi) is 5.56. The van der Waals surface area contributed by atoms with Gasteiger partial charge in [-0.25, -0.2) is 19.3 Å². The Labute approximate surface area is 216 Å². The van der Waals surface area contributed by atoms with Gasteiger partial charge in [0, 0.05) is 18.0 Å². The van der Waals surface area contributed by atoms with Crippen LogP contribution < -0.4 is 16.1 Å². The van der Waals surface area contributed by atoms with Gasteiger partial charge in [-0.05, 0) is 38.1 Å². The number of benzene rings is 2. The van der Waals surface area contributed by atoms with Crippen molar-refractivity contribution >= 4 is 16.9 Å². The van der Waals surface area contributed by atoms with E-state index in [1.165, 1.54) is 0 Å². The van der Waals surface area contributed by atoms with Gasteiger partial charge in [-0.1, -0.05) is 30.3 Å². The number of aromatic nitrogens is 4. The molecule has 38 heavy (non-hydrogen) atoms. The van der Waals surface area contributed by atoms with E-state index in [9.17, 15) is 9.59 Å². The lowest BCUT2D eigenvalue weighted by atomic mass is 9.82. The summed E-state index contributed by atoms with van der Waals surface area (Å²) in [6, 6.07) is 16.5. The molecule has 0 amide bonds. The largest absolute Gasteiger partial charge is 0.462 e. The zero-order valence-electron chi connectivity index (χ0n) is 20.6. The minimum absolute atomic E-state index is 0.000918. The molecule has 2 N–H and O–H groups in total. The van der Waals surface area contributed by atoms with Crippen molar-refractivity contribution < 1.29 is 18.7 Å². The van der Waals surface area contributed by atoms with Crippen LogP contribution in [0, 0.1) is 6.92 Å². The Bertz CT molecular complexity index is 1770. The molecule has 0 saturated carbocycles. The fourth-order valence-electron chi connectivity index (χ4n) is 4.91. The molecule has 3 aromatic heterocycles. The molecular formula is C28H23N5O5. The van der Waals surface area contributed by atoms with E-state index in [0.29, 0.717) is 28.0 Å². The van der Waals surface area contributed by atoms with Crippen LogP contribution in [0.4, 0.5) is 0 Å². The molecule has 1 unspecified atom stereocenters. The van der Waals surface area contributed by atoms with E-state index >= 15 is 0 Å². The summed E-state index contributed by atoms with van der Waals surface area (Å²) < 4.78 is 20.6. The fourth-order valence-corrected chi connectivity index (χ4v) is 4.91. The highest BCUT2D eigenvalue weighted by atomic mass is 16.5. The summed E-state index contributed by atoms with van der Waals surface area (Å²) in [7, 11) is 0. The van der Waals surface area contributed by atoms with Crippen LogP contribution in [0.5, 0.6) is 5.75 Å². The maximum atomic E-state index is 13.6. The number of aryl methyl sites for hydroxylation is 1. The van der Waals surface area contributed by atoms with Crippen molar-refractivity contribution in [1.29, 1.82) is 0 Å². The van der Waals surface area contributed by atoms with Crippen molar-refractivity contribution in [3.8, 4) is 17.3 Å². The van der Waals surface area contributed by atoms with Crippen molar-refractivity contribution in [2.24, 2.45) is 5.73 Å². The second-order valence-corrected chi connectivity index (χ2v) is 8.70. The van der Waals surface area contributed by atoms with Gasteiger partial charge in [-0.3, -0.25) is 4.57 Å². The van der Waals surface area contributed by atoms with Crippen LogP contribution in [0.15, 0.2) is 94.0 Å². The molecule has 6 rings (SSSR count). The maximum Gasteiger partial charge on any atom is 0.344 e. The van der Waals surface area contributed by atoms with Crippen LogP contribution in [0.1, 0.15) is 29.7 Å². The lowest BCUT2D eigenvalue weighted by molar-refractivity contribution is -0.139. The molecule has 0 fully saturated rings. The smallest absolute Gasteiger partial charge is 0.344 e. The number of carbonyl (C=O) groups excluding carboxylic acids is 1. The van der Waals surface area contributed by atoms with Crippen molar-refractivity contribution in [3.05, 3.63) is 112 Å². The van der Waals surface area contributed by atoms with Crippen molar-refractivity contribution in [3.63, 3.8) is 0 Å². The normalized spacial score (nSPS) is 14.8. The molecule has 1 aliphatic rings. The van der Waals surface area contributed by atoms with Crippen LogP contribution in [-0.2, 0) is 9.53 Å². The molecule has 0 spiro atoms. The lowest BCUT2D eigenvalue weighted by Crippen LogP contribution is -2.31. The third-order valence-electron chi connectivity index (χ3n) is 6.47. The van der Waals surface area contributed by atoms with Gasteiger partial charge >= 0.3 is 11.6 Å². The van der Waals surface area contributed by atoms with E-state index < -0.39 is 17.5 Å². The number of hydrogen-bond donors (Lipinski definition) is 1. The van der Waals surface area contributed by atoms with E-state index in [-0.39, 0.29) is 29.4 Å². The van der Waals surface area contributed by atoms with Crippen LogP contribution >= 0.6 is 0 Å². The van der Waals surface area contributed by atoms with Gasteiger partial charge in [-0.15, -0.1) is 0 Å². The maximum absolute atomic E-state index is 13.6. The number of hydrogen-bond acceptors (Lipinski definition) is 8. The summed E-state index contributed by atoms with van der Waals surface area (Å²) >= 11 is 0. The monoisotopic (exact) mass is 509 g/mol. The fraction of sp³-hybridized carbons (Fsp3) is 0.143. The SMILES string of the molecule is CCOC(=O)C1=C(N)Oc2c(c(=O)oc3ccccc23)C1c1c(C)nn(-c2ccccc2)c1-n1ccnc1. The molecule has 5 aromatic rings. The topological polar surface area (TPSA) is 127 Å². The highest BCUT2D eigenvalue weighted by Crippen LogP contribution is 2.46. The summed E-state index contributed by atoms with van der Waals surface area (Å²) in [5, 5.41) is 5.37. The Hall–Kier alpha value is -5.12. The first-order valence-corrected chi connectivity index (χ1v) is 12.0. The first kappa shape index (κ1) is 23.3. The third kappa shape index (κ3) is 3.57. The third-order valence-corrected chi connectivity index (χ3v) is 6.47. The average molecular weight is 510 g/mol. The summed E-state index contributed by atoms with van der Waals surface area (Å²) in [5.74, 6) is -1.03. The number of rotatable bonds is 5. The Morgan fingerprint density at radius 3 is 2.61 bits per heavy atom. The van der Waals surface area contributed by atoms with Crippen LogP contribution in [-0.4, -0.2) is 31.9 Å². The van der Waals surface area contributed by atoms with Gasteiger partial charge in [0.1, 0.15) is 23.3 Å². The van der Waals surface area contributed by atoms with Gasteiger partial charge < -0.3 is 19.6 Å². The number of nitrogens with two attached hydrogens (primary N) is 1. The molecule has 4 heterocycles. The van der Waals surface area contributed by atoms with Crippen LogP contribution in [0.2, 0.25) is 0 Å². The molecule has 0 saturated heterocycles. The second kappa shape index (κ2) is 9.07. The molecule has 1 aliphatic heterocycles. The Morgan fingerprint density at radius 2 is 1.87 bits per heavy atom. The van der Waals surface area contributed by atoms with Crippen LogP contribution in [0.3, 0.4) is 0 Å². The minimum Gasteiger partial charge on any atom is -0.462 e. The lowest BCUT2D eigenvalue weighted by Gasteiger charge is -2.28. The molecular weight excluding hydrogens is 486 g/mol. The summed E-state index contributed by atoms with van der Waals surface area (Å²) in [6.45, 7) is 3.61. The molecule has 190 valence electrons. The van der Waals surface area contributed by atoms with Gasteiger partial charge in [0.25, 0.3) is 0 Å². The summed E-state index contributed by atoms with van der Waals surface area (Å²) in [4.78, 5) is 31.1. The number of nitrogens with zero attached hydrogens (tertiary/aromatic N) is 4. The van der Waals surface area contributed by atoms with Crippen molar-refractivity contribution in [1.82, 2.24) is 19.3 Å². The first-order chi connectivity index (χ1) is 18.5. The molecule has 10 heteroatoms. The number of ether oxygens (including phenoxy) is 2. The van der Waals surface area contributed by atoms with Crippen molar-refractivity contribution in [2.45, 2.75) is 19.8 Å². The Balaban J connectivity index is 1.73. The van der Waals surface area contributed by atoms with Gasteiger partial charge in [-0.2, -0.15) is 5.10 Å². The van der Waals surface area contributed by atoms with Crippen LogP contribution in [0.25, 0.3) is 22.5 Å². The molecule has 0 radical (unpaired) electrons. The molecule has 0 bridgehead atoms. The number of carbonyl (C=O) groups is 1. The zero-order valence-corrected chi connectivity index (χ0v) is 20.6. The number of para-hydroxylation sites is 2. The number of esters is 1. The highest BCUT2D eigenvalue weighted by Gasteiger charge is 2.42. The van der Waals surface area contributed by atoms with Crippen molar-refractivity contribution in [2.75, 3.05) is 6.61 Å². The van der Waals surface area contributed by atoms with Gasteiger partial charge in [0.15, 0.2) is 5.75 Å². The second-order valence-electron chi connectivity index (χ2n) is 8.70. The average Bonchev–Trinajstić information content (AvgIpc) is 3.56. The van der Waals surface area contributed by atoms with Gasteiger partial charge in [0.05, 0.1) is 34.9 Å². The van der Waals surface area contributed by atoms with E-state index in [2.05, 4.69) is 4.98 Å². The predicted octanol–water partition coefficient (Wildman–Crippen LogP) is 3.73. The van der Waals surface area contributed by atoms with E-state index in [1.54, 1.807) is 59.2 Å². The van der Waals surface area contributed by atoms with E-state index in [0.717, 1.165) is 5.69 Å². The molecule has 10 nitrogen and oxygen atoms in total.